The molecule has 5 aromatic carbocycles. The number of para-hydroxylation sites is 1. The van der Waals surface area contributed by atoms with Crippen LogP contribution in [0.1, 0.15) is 41.5 Å². The zero-order valence-corrected chi connectivity index (χ0v) is 30.6. The van der Waals surface area contributed by atoms with Crippen molar-refractivity contribution in [3.63, 3.8) is 0 Å². The third kappa shape index (κ3) is 4.58. The van der Waals surface area contributed by atoms with Crippen molar-refractivity contribution < 1.29 is 0 Å². The van der Waals surface area contributed by atoms with Crippen LogP contribution in [0, 0.1) is 11.8 Å². The van der Waals surface area contributed by atoms with Gasteiger partial charge in [0, 0.05) is 43.5 Å². The number of thioether (sulfide) groups is 1. The van der Waals surface area contributed by atoms with Gasteiger partial charge < -0.3 is 4.90 Å². The summed E-state index contributed by atoms with van der Waals surface area (Å²) in [5.74, 6) is 0.965. The fraction of sp³-hybridized carbons (Fsp3) is 0.184. The lowest BCUT2D eigenvalue weighted by Crippen LogP contribution is -2.42. The normalized spacial score (nSPS) is 27.5. The van der Waals surface area contributed by atoms with Crippen LogP contribution in [0.15, 0.2) is 190 Å². The maximum atomic E-state index is 2.72. The third-order valence-corrected chi connectivity index (χ3v) is 14.9. The summed E-state index contributed by atoms with van der Waals surface area (Å²) < 4.78 is 0. The summed E-state index contributed by atoms with van der Waals surface area (Å²) in [5, 5.41) is 0.396. The van der Waals surface area contributed by atoms with E-state index in [1.807, 2.05) is 11.8 Å². The Morgan fingerprint density at radius 1 is 0.635 bits per heavy atom. The van der Waals surface area contributed by atoms with Crippen molar-refractivity contribution in [1.29, 1.82) is 0 Å². The zero-order chi connectivity index (χ0) is 34.2. The van der Waals surface area contributed by atoms with Gasteiger partial charge in [-0.2, -0.15) is 0 Å². The van der Waals surface area contributed by atoms with Gasteiger partial charge in [0.25, 0.3) is 0 Å². The van der Waals surface area contributed by atoms with Crippen LogP contribution in [0.25, 0.3) is 16.7 Å². The van der Waals surface area contributed by atoms with E-state index >= 15 is 0 Å². The topological polar surface area (TPSA) is 3.24 Å². The number of fused-ring (bicyclic) bond motifs is 11. The molecule has 6 atom stereocenters. The van der Waals surface area contributed by atoms with E-state index in [2.05, 4.69) is 187 Å². The number of benzene rings is 5. The molecule has 52 heavy (non-hydrogen) atoms. The molecule has 3 aliphatic carbocycles. The zero-order valence-electron chi connectivity index (χ0n) is 28.9. The van der Waals surface area contributed by atoms with E-state index in [0.717, 1.165) is 12.8 Å². The number of rotatable bonds is 3. The molecule has 0 N–H and O–H groups in total. The van der Waals surface area contributed by atoms with E-state index in [1.165, 1.54) is 71.3 Å². The number of hydrogen-bond acceptors (Lipinski definition) is 3. The summed E-state index contributed by atoms with van der Waals surface area (Å²) in [7, 11) is 0. The molecule has 0 amide bonds. The number of allylic oxidation sites excluding steroid dienone is 6. The molecule has 1 spiro atoms. The second-order valence-electron chi connectivity index (χ2n) is 15.0. The predicted octanol–water partition coefficient (Wildman–Crippen LogP) is 12.3. The molecule has 5 aromatic rings. The van der Waals surface area contributed by atoms with Crippen molar-refractivity contribution in [1.82, 2.24) is 0 Å². The summed E-state index contributed by atoms with van der Waals surface area (Å²) >= 11 is 4.00. The average molecular weight is 706 g/mol. The van der Waals surface area contributed by atoms with Gasteiger partial charge in [0.05, 0.1) is 11.5 Å². The molecule has 0 radical (unpaired) electrons. The number of anilines is 1. The van der Waals surface area contributed by atoms with Crippen LogP contribution in [0.5, 0.6) is 0 Å². The highest BCUT2D eigenvalue weighted by molar-refractivity contribution is 8.00. The molecule has 6 unspecified atom stereocenters. The van der Waals surface area contributed by atoms with Gasteiger partial charge in [-0.15, -0.1) is 11.8 Å². The largest absolute Gasteiger partial charge is 0.361 e. The molecular weight excluding hydrogens is 667 g/mol. The van der Waals surface area contributed by atoms with Gasteiger partial charge in [-0.1, -0.05) is 145 Å². The van der Waals surface area contributed by atoms with Gasteiger partial charge >= 0.3 is 0 Å². The summed E-state index contributed by atoms with van der Waals surface area (Å²) in [5.41, 5.74) is 12.0. The summed E-state index contributed by atoms with van der Waals surface area (Å²) in [6, 6.07) is 46.8. The van der Waals surface area contributed by atoms with E-state index in [-0.39, 0.29) is 5.41 Å². The standard InChI is InChI=1S/C49H39NS2/c1-3-13-32(14-4-1)35-23-26-41-48(31-35)52-46-22-12-9-19-40(46)49(41)39-18-8-11-21-45(39)51-47-28-25-34(30-42(47)49)33-24-27-44-38(29-33)37-17-7-10-20-43(37)50(44)36-15-5-2-6-16-36/h1-9,11-19,22-31,37-38,43-45H,10,20-21H2. The first-order chi connectivity index (χ1) is 25.8. The van der Waals surface area contributed by atoms with Gasteiger partial charge in [0.15, 0.2) is 0 Å². The lowest BCUT2D eigenvalue weighted by molar-refractivity contribution is 0.458. The highest BCUT2D eigenvalue weighted by atomic mass is 32.2. The van der Waals surface area contributed by atoms with E-state index in [0.29, 0.717) is 29.2 Å². The van der Waals surface area contributed by atoms with Crippen LogP contribution in [0.3, 0.4) is 0 Å². The Kier molecular flexibility index (Phi) is 7.24. The van der Waals surface area contributed by atoms with E-state index < -0.39 is 0 Å². The molecule has 0 bridgehead atoms. The van der Waals surface area contributed by atoms with Crippen molar-refractivity contribution >= 4 is 34.8 Å². The molecule has 3 heterocycles. The molecule has 1 nitrogen and oxygen atoms in total. The number of nitrogens with zero attached hydrogens (tertiary/aromatic N) is 1. The molecule has 1 saturated heterocycles. The van der Waals surface area contributed by atoms with Gasteiger partial charge in [-0.25, -0.2) is 0 Å². The first kappa shape index (κ1) is 30.9. The summed E-state index contributed by atoms with van der Waals surface area (Å²) in [6.07, 6.45) is 23.1. The molecule has 252 valence electrons. The van der Waals surface area contributed by atoms with Gasteiger partial charge in [0.2, 0.25) is 0 Å². The first-order valence-electron chi connectivity index (χ1n) is 18.8. The quantitative estimate of drug-likeness (QED) is 0.172. The summed E-state index contributed by atoms with van der Waals surface area (Å²) in [4.78, 5) is 6.85. The van der Waals surface area contributed by atoms with Crippen molar-refractivity contribution in [3.05, 3.63) is 198 Å². The minimum atomic E-state index is -0.367. The van der Waals surface area contributed by atoms with Crippen molar-refractivity contribution in [2.45, 2.75) is 56.7 Å². The highest BCUT2D eigenvalue weighted by Gasteiger charge is 2.52. The van der Waals surface area contributed by atoms with Crippen LogP contribution in [-0.4, -0.2) is 17.3 Å². The van der Waals surface area contributed by atoms with Crippen molar-refractivity contribution in [3.8, 4) is 11.1 Å². The fourth-order valence-electron chi connectivity index (χ4n) is 10.2. The second-order valence-corrected chi connectivity index (χ2v) is 17.3. The van der Waals surface area contributed by atoms with Gasteiger partial charge in [0.1, 0.15) is 0 Å². The molecule has 1 fully saturated rings. The highest BCUT2D eigenvalue weighted by Crippen LogP contribution is 2.63. The Bertz CT molecular complexity index is 2380. The monoisotopic (exact) mass is 705 g/mol. The van der Waals surface area contributed by atoms with Crippen LogP contribution >= 0.6 is 23.5 Å². The van der Waals surface area contributed by atoms with Crippen molar-refractivity contribution in [2.24, 2.45) is 11.8 Å². The van der Waals surface area contributed by atoms with Crippen molar-refractivity contribution in [2.75, 3.05) is 4.90 Å². The maximum Gasteiger partial charge on any atom is 0.0708 e. The molecule has 0 saturated carbocycles. The van der Waals surface area contributed by atoms with Crippen LogP contribution in [-0.2, 0) is 5.41 Å². The Balaban J connectivity index is 1.09. The fourth-order valence-corrected chi connectivity index (χ4v) is 12.8. The summed E-state index contributed by atoms with van der Waals surface area (Å²) in [6.45, 7) is 0. The Hall–Kier alpha value is -4.70. The third-order valence-electron chi connectivity index (χ3n) is 12.4. The molecule has 6 aliphatic rings. The lowest BCUT2D eigenvalue weighted by atomic mass is 9.62. The minimum Gasteiger partial charge on any atom is -0.361 e. The smallest absolute Gasteiger partial charge is 0.0708 e. The van der Waals surface area contributed by atoms with E-state index in [4.69, 9.17) is 0 Å². The molecule has 3 aliphatic heterocycles. The lowest BCUT2D eigenvalue weighted by Gasteiger charge is -2.49. The molecular formula is C49H39NS2. The van der Waals surface area contributed by atoms with Gasteiger partial charge in [-0.05, 0) is 100 Å². The molecule has 11 rings (SSSR count). The Labute approximate surface area is 315 Å². The van der Waals surface area contributed by atoms with Crippen LogP contribution < -0.4 is 4.90 Å². The van der Waals surface area contributed by atoms with Gasteiger partial charge in [-0.3, -0.25) is 0 Å². The second kappa shape index (κ2) is 12.2. The van der Waals surface area contributed by atoms with E-state index in [9.17, 15) is 0 Å². The molecule has 3 heteroatoms. The average Bonchev–Trinajstić information content (AvgIpc) is 3.55. The predicted molar refractivity (Wildman–Crippen MR) is 219 cm³/mol. The first-order valence-corrected chi connectivity index (χ1v) is 20.5. The Morgan fingerprint density at radius 3 is 2.35 bits per heavy atom. The Morgan fingerprint density at radius 2 is 1.44 bits per heavy atom. The maximum absolute atomic E-state index is 2.72. The minimum absolute atomic E-state index is 0.367. The molecule has 0 aromatic heterocycles. The van der Waals surface area contributed by atoms with E-state index in [1.54, 1.807) is 0 Å². The van der Waals surface area contributed by atoms with Crippen LogP contribution in [0.2, 0.25) is 0 Å². The SMILES string of the molecule is C1=CCC2Sc3ccc(C4=CC5C6C=CCCC6N(c6ccccc6)C5C=C4)cc3C3(C2=C1)c1ccccc1Sc1cc(-c2ccccc2)ccc13. The number of hydrogen-bond donors (Lipinski definition) is 0. The van der Waals surface area contributed by atoms with Crippen LogP contribution in [0.4, 0.5) is 5.69 Å².